The molecule has 1 aliphatic carbocycles. The number of fused-ring (bicyclic) bond motifs is 1. The molecular formula is C21H18ClNO2. The molecule has 4 heteroatoms. The molecule has 1 atom stereocenters. The van der Waals surface area contributed by atoms with Crippen molar-refractivity contribution in [3.63, 3.8) is 0 Å². The number of nitrogens with zero attached hydrogens (tertiary/aromatic N) is 1. The van der Waals surface area contributed by atoms with Crippen LogP contribution in [0.3, 0.4) is 0 Å². The molecule has 2 aromatic carbocycles. The fourth-order valence-electron chi connectivity index (χ4n) is 3.51. The molecular weight excluding hydrogens is 334 g/mol. The Morgan fingerprint density at radius 3 is 2.68 bits per heavy atom. The van der Waals surface area contributed by atoms with Gasteiger partial charge in [0, 0.05) is 12.6 Å². The van der Waals surface area contributed by atoms with Crippen LogP contribution in [0.5, 0.6) is 0 Å². The molecule has 0 saturated heterocycles. The smallest absolute Gasteiger partial charge is 0.289 e. The fraction of sp³-hybridized carbons (Fsp3) is 0.190. The number of benzene rings is 2. The Hall–Kier alpha value is -2.52. The Morgan fingerprint density at radius 1 is 1.08 bits per heavy atom. The second-order valence-corrected chi connectivity index (χ2v) is 6.72. The summed E-state index contributed by atoms with van der Waals surface area (Å²) in [6.45, 7) is 0. The lowest BCUT2D eigenvalue weighted by atomic mass is 10.1. The molecule has 1 unspecified atom stereocenters. The zero-order chi connectivity index (χ0) is 17.4. The van der Waals surface area contributed by atoms with E-state index in [9.17, 15) is 4.79 Å². The van der Waals surface area contributed by atoms with Crippen LogP contribution in [-0.2, 0) is 6.42 Å². The Bertz CT molecular complexity index is 931. The third-order valence-electron chi connectivity index (χ3n) is 4.85. The lowest BCUT2D eigenvalue weighted by Gasteiger charge is -2.24. The molecule has 1 amide bonds. The summed E-state index contributed by atoms with van der Waals surface area (Å²) in [4.78, 5) is 14.6. The van der Waals surface area contributed by atoms with Crippen LogP contribution in [0.25, 0.3) is 11.3 Å². The van der Waals surface area contributed by atoms with Crippen molar-refractivity contribution in [1.82, 2.24) is 4.90 Å². The molecule has 3 nitrogen and oxygen atoms in total. The van der Waals surface area contributed by atoms with E-state index in [1.807, 2.05) is 43.4 Å². The number of rotatable bonds is 3. The van der Waals surface area contributed by atoms with Gasteiger partial charge in [-0.1, -0.05) is 48.0 Å². The number of amides is 1. The third kappa shape index (κ3) is 2.85. The van der Waals surface area contributed by atoms with E-state index in [0.717, 1.165) is 18.4 Å². The molecule has 3 aromatic rings. The Balaban J connectivity index is 1.59. The first kappa shape index (κ1) is 16.0. The minimum Gasteiger partial charge on any atom is -0.451 e. The SMILES string of the molecule is CN(C(=O)c1ccc(-c2ccccc2Cl)o1)C1CCc2ccccc21. The van der Waals surface area contributed by atoms with Gasteiger partial charge in [0.2, 0.25) is 0 Å². The van der Waals surface area contributed by atoms with Crippen molar-refractivity contribution >= 4 is 17.5 Å². The van der Waals surface area contributed by atoms with E-state index < -0.39 is 0 Å². The zero-order valence-electron chi connectivity index (χ0n) is 13.9. The van der Waals surface area contributed by atoms with Gasteiger partial charge in [0.25, 0.3) is 5.91 Å². The number of hydrogen-bond donors (Lipinski definition) is 0. The van der Waals surface area contributed by atoms with Crippen molar-refractivity contribution in [1.29, 1.82) is 0 Å². The zero-order valence-corrected chi connectivity index (χ0v) is 14.7. The van der Waals surface area contributed by atoms with Crippen LogP contribution in [0.1, 0.15) is 34.1 Å². The maximum absolute atomic E-state index is 12.9. The second kappa shape index (κ2) is 6.41. The number of carbonyl (C=O) groups excluding carboxylic acids is 1. The molecule has 4 rings (SSSR count). The molecule has 1 heterocycles. The van der Waals surface area contributed by atoms with Gasteiger partial charge in [-0.25, -0.2) is 0 Å². The summed E-state index contributed by atoms with van der Waals surface area (Å²) in [6.07, 6.45) is 1.95. The van der Waals surface area contributed by atoms with Crippen LogP contribution < -0.4 is 0 Å². The number of aryl methyl sites for hydroxylation is 1. The summed E-state index contributed by atoms with van der Waals surface area (Å²) in [5, 5.41) is 0.605. The van der Waals surface area contributed by atoms with Crippen LogP contribution >= 0.6 is 11.6 Å². The van der Waals surface area contributed by atoms with Crippen LogP contribution in [-0.4, -0.2) is 17.9 Å². The van der Waals surface area contributed by atoms with Gasteiger partial charge >= 0.3 is 0 Å². The first-order valence-electron chi connectivity index (χ1n) is 8.35. The van der Waals surface area contributed by atoms with Crippen LogP contribution in [0, 0.1) is 0 Å². The first-order chi connectivity index (χ1) is 12.1. The monoisotopic (exact) mass is 351 g/mol. The normalized spacial score (nSPS) is 15.8. The molecule has 1 aromatic heterocycles. The molecule has 0 radical (unpaired) electrons. The van der Waals surface area contributed by atoms with Gasteiger partial charge in [-0.2, -0.15) is 0 Å². The number of furan rings is 1. The summed E-state index contributed by atoms with van der Waals surface area (Å²) in [5.41, 5.74) is 3.34. The minimum atomic E-state index is -0.111. The summed E-state index contributed by atoms with van der Waals surface area (Å²) in [5.74, 6) is 0.830. The molecule has 1 aliphatic rings. The van der Waals surface area contributed by atoms with Crippen molar-refractivity contribution in [3.8, 4) is 11.3 Å². The molecule has 126 valence electrons. The average molecular weight is 352 g/mol. The van der Waals surface area contributed by atoms with Crippen LogP contribution in [0.15, 0.2) is 65.1 Å². The maximum atomic E-state index is 12.9. The molecule has 0 fully saturated rings. The fourth-order valence-corrected chi connectivity index (χ4v) is 3.74. The minimum absolute atomic E-state index is 0.0950. The van der Waals surface area contributed by atoms with E-state index in [2.05, 4.69) is 12.1 Å². The van der Waals surface area contributed by atoms with E-state index in [0.29, 0.717) is 16.5 Å². The van der Waals surface area contributed by atoms with Crippen molar-refractivity contribution in [3.05, 3.63) is 82.6 Å². The highest BCUT2D eigenvalue weighted by atomic mass is 35.5. The Labute approximate surface area is 151 Å². The van der Waals surface area contributed by atoms with Crippen molar-refractivity contribution in [2.45, 2.75) is 18.9 Å². The van der Waals surface area contributed by atoms with E-state index in [-0.39, 0.29) is 11.9 Å². The number of halogens is 1. The molecule has 0 aliphatic heterocycles. The van der Waals surface area contributed by atoms with Crippen LogP contribution in [0.2, 0.25) is 5.02 Å². The summed E-state index contributed by atoms with van der Waals surface area (Å²) in [7, 11) is 1.84. The predicted octanol–water partition coefficient (Wildman–Crippen LogP) is 5.36. The van der Waals surface area contributed by atoms with Crippen LogP contribution in [0.4, 0.5) is 0 Å². The highest BCUT2D eigenvalue weighted by molar-refractivity contribution is 6.33. The van der Waals surface area contributed by atoms with Crippen molar-refractivity contribution in [2.24, 2.45) is 0 Å². The highest BCUT2D eigenvalue weighted by Crippen LogP contribution is 2.36. The lowest BCUT2D eigenvalue weighted by Crippen LogP contribution is -2.29. The predicted molar refractivity (Wildman–Crippen MR) is 98.8 cm³/mol. The molecule has 0 spiro atoms. The van der Waals surface area contributed by atoms with E-state index in [1.54, 1.807) is 17.0 Å². The number of hydrogen-bond acceptors (Lipinski definition) is 2. The number of carbonyl (C=O) groups is 1. The summed E-state index contributed by atoms with van der Waals surface area (Å²) in [6, 6.07) is 19.4. The molecule has 0 N–H and O–H groups in total. The molecule has 0 bridgehead atoms. The highest BCUT2D eigenvalue weighted by Gasteiger charge is 2.30. The maximum Gasteiger partial charge on any atom is 0.289 e. The topological polar surface area (TPSA) is 33.5 Å². The van der Waals surface area contributed by atoms with E-state index in [4.69, 9.17) is 16.0 Å². The van der Waals surface area contributed by atoms with Gasteiger partial charge < -0.3 is 9.32 Å². The molecule has 25 heavy (non-hydrogen) atoms. The largest absolute Gasteiger partial charge is 0.451 e. The quantitative estimate of drug-likeness (QED) is 0.636. The second-order valence-electron chi connectivity index (χ2n) is 6.31. The van der Waals surface area contributed by atoms with E-state index in [1.165, 1.54) is 11.1 Å². The third-order valence-corrected chi connectivity index (χ3v) is 5.17. The van der Waals surface area contributed by atoms with Gasteiger partial charge in [-0.15, -0.1) is 0 Å². The van der Waals surface area contributed by atoms with E-state index >= 15 is 0 Å². The van der Waals surface area contributed by atoms with Gasteiger partial charge in [-0.05, 0) is 48.2 Å². The lowest BCUT2D eigenvalue weighted by molar-refractivity contribution is 0.0699. The van der Waals surface area contributed by atoms with Gasteiger partial charge in [0.1, 0.15) is 5.76 Å². The summed E-state index contributed by atoms with van der Waals surface area (Å²) < 4.78 is 5.81. The first-order valence-corrected chi connectivity index (χ1v) is 8.72. The van der Waals surface area contributed by atoms with Gasteiger partial charge in [0.05, 0.1) is 11.1 Å². The summed E-state index contributed by atoms with van der Waals surface area (Å²) >= 11 is 6.21. The van der Waals surface area contributed by atoms with Crippen molar-refractivity contribution < 1.29 is 9.21 Å². The van der Waals surface area contributed by atoms with Gasteiger partial charge in [0.15, 0.2) is 5.76 Å². The standard InChI is InChI=1S/C21H18ClNO2/c1-23(18-11-10-14-6-2-3-7-15(14)18)21(24)20-13-12-19(25-20)16-8-4-5-9-17(16)22/h2-9,12-13,18H,10-11H2,1H3. The Kier molecular flexibility index (Phi) is 4.10. The van der Waals surface area contributed by atoms with Crippen molar-refractivity contribution in [2.75, 3.05) is 7.05 Å². The van der Waals surface area contributed by atoms with Gasteiger partial charge in [-0.3, -0.25) is 4.79 Å². The Morgan fingerprint density at radius 2 is 1.84 bits per heavy atom. The average Bonchev–Trinajstić information content (AvgIpc) is 3.28. The molecule has 0 saturated carbocycles.